The fourth-order valence-electron chi connectivity index (χ4n) is 1.79. The highest BCUT2D eigenvalue weighted by Crippen LogP contribution is 2.06. The third-order valence-corrected chi connectivity index (χ3v) is 2.94. The highest BCUT2D eigenvalue weighted by Gasteiger charge is 1.87. The van der Waals surface area contributed by atoms with E-state index in [0.29, 0.717) is 0 Å². The Morgan fingerprint density at radius 2 is 1.60 bits per heavy atom. The Bertz CT molecular complexity index is 342. The van der Waals surface area contributed by atoms with Crippen molar-refractivity contribution in [3.63, 3.8) is 0 Å². The van der Waals surface area contributed by atoms with Crippen molar-refractivity contribution in [1.29, 1.82) is 0 Å². The highest BCUT2D eigenvalue weighted by atomic mass is 16.4. The summed E-state index contributed by atoms with van der Waals surface area (Å²) in [5, 5.41) is 8.38. The molecule has 0 aliphatic heterocycles. The number of carboxylic acids is 1. The second-order valence-electron chi connectivity index (χ2n) is 4.89. The topological polar surface area (TPSA) is 37.3 Å². The minimum atomic E-state index is -0.907. The number of unbranched alkanes of at least 4 members (excludes halogenated alkanes) is 8. The molecular weight excluding hydrogens is 248 g/mol. The van der Waals surface area contributed by atoms with Gasteiger partial charge in [0, 0.05) is 18.9 Å². The van der Waals surface area contributed by atoms with Gasteiger partial charge in [0.1, 0.15) is 0 Å². The minimum absolute atomic E-state index is 0.907. The Morgan fingerprint density at radius 1 is 0.950 bits per heavy atom. The zero-order chi connectivity index (χ0) is 14.9. The summed E-state index contributed by atoms with van der Waals surface area (Å²) >= 11 is 0. The lowest BCUT2D eigenvalue weighted by Gasteiger charge is -1.96. The van der Waals surface area contributed by atoms with Gasteiger partial charge in [0.05, 0.1) is 0 Å². The molecule has 112 valence electrons. The van der Waals surface area contributed by atoms with Crippen molar-refractivity contribution >= 4 is 5.97 Å². The Hall–Kier alpha value is -1.49. The molecule has 0 saturated heterocycles. The normalized spacial score (nSPS) is 10.8. The number of rotatable bonds is 11. The van der Waals surface area contributed by atoms with Gasteiger partial charge in [-0.1, -0.05) is 57.3 Å². The summed E-state index contributed by atoms with van der Waals surface area (Å²) in [5.41, 5.74) is 0. The molecule has 0 rings (SSSR count). The van der Waals surface area contributed by atoms with Crippen LogP contribution in [0.5, 0.6) is 0 Å². The van der Waals surface area contributed by atoms with Crippen molar-refractivity contribution in [2.45, 2.75) is 71.1 Å². The van der Waals surface area contributed by atoms with Crippen LogP contribution in [0, 0.1) is 11.8 Å². The Kier molecular flexibility index (Phi) is 14.4. The second-order valence-corrected chi connectivity index (χ2v) is 4.89. The Balaban J connectivity index is 3.31. The van der Waals surface area contributed by atoms with Crippen molar-refractivity contribution in [3.8, 4) is 11.8 Å². The molecule has 0 heterocycles. The largest absolute Gasteiger partial charge is 0.478 e. The van der Waals surface area contributed by atoms with Gasteiger partial charge in [-0.2, -0.15) is 0 Å². The maximum absolute atomic E-state index is 10.2. The van der Waals surface area contributed by atoms with Crippen molar-refractivity contribution in [3.05, 3.63) is 24.3 Å². The van der Waals surface area contributed by atoms with Crippen LogP contribution in [0.2, 0.25) is 0 Å². The molecule has 0 saturated carbocycles. The molecule has 0 bridgehead atoms. The molecule has 2 nitrogen and oxygen atoms in total. The van der Waals surface area contributed by atoms with Gasteiger partial charge in [0.15, 0.2) is 0 Å². The molecule has 1 N–H and O–H groups in total. The third kappa shape index (κ3) is 16.5. The Labute approximate surface area is 124 Å². The lowest BCUT2D eigenvalue weighted by atomic mass is 10.1. The third-order valence-electron chi connectivity index (χ3n) is 2.94. The summed E-state index contributed by atoms with van der Waals surface area (Å²) in [5.74, 6) is 5.52. The summed E-state index contributed by atoms with van der Waals surface area (Å²) in [6.45, 7) is 2.24. The summed E-state index contributed by atoms with van der Waals surface area (Å²) in [6, 6.07) is 0. The molecule has 20 heavy (non-hydrogen) atoms. The first-order chi connectivity index (χ1) is 9.77. The molecule has 0 spiro atoms. The second kappa shape index (κ2) is 15.6. The molecule has 0 radical (unpaired) electrons. The zero-order valence-corrected chi connectivity index (χ0v) is 12.7. The maximum atomic E-state index is 10.2. The van der Waals surface area contributed by atoms with Crippen LogP contribution in [0.25, 0.3) is 0 Å². The smallest absolute Gasteiger partial charge is 0.328 e. The fraction of sp³-hybridized carbons (Fsp3) is 0.611. The van der Waals surface area contributed by atoms with Crippen molar-refractivity contribution < 1.29 is 9.90 Å². The zero-order valence-electron chi connectivity index (χ0n) is 12.7. The van der Waals surface area contributed by atoms with Gasteiger partial charge in [-0.15, -0.1) is 11.8 Å². The average Bonchev–Trinajstić information content (AvgIpc) is 2.43. The Morgan fingerprint density at radius 3 is 2.30 bits per heavy atom. The average molecular weight is 276 g/mol. The predicted molar refractivity (Wildman–Crippen MR) is 85.5 cm³/mol. The number of allylic oxidation sites excluding steroid dienone is 3. The minimum Gasteiger partial charge on any atom is -0.478 e. The number of carboxylic acid groups (broad SMARTS) is 1. The van der Waals surface area contributed by atoms with Gasteiger partial charge in [-0.25, -0.2) is 4.79 Å². The molecule has 2 heteroatoms. The first-order valence-electron chi connectivity index (χ1n) is 7.79. The first kappa shape index (κ1) is 18.5. The molecule has 0 fully saturated rings. The molecule has 0 aromatic carbocycles. The van der Waals surface area contributed by atoms with Crippen LogP contribution in [0.4, 0.5) is 0 Å². The van der Waals surface area contributed by atoms with Gasteiger partial charge in [-0.05, 0) is 19.3 Å². The van der Waals surface area contributed by atoms with E-state index in [1.807, 2.05) is 6.08 Å². The fourth-order valence-corrected chi connectivity index (χ4v) is 1.79. The number of aliphatic carboxylic acids is 1. The standard InChI is InChI=1S/C18H28O2/c1-2-3-4-5-6-7-8-9-10-11-12-13-14-15-16-17-18(19)20/h14-17H,2-8,11-13H2,1H3,(H,19,20)/b15-14+,17-16+. The van der Waals surface area contributed by atoms with E-state index >= 15 is 0 Å². The van der Waals surface area contributed by atoms with Gasteiger partial charge < -0.3 is 5.11 Å². The molecule has 0 amide bonds. The number of hydrogen-bond acceptors (Lipinski definition) is 1. The molecule has 0 atom stereocenters. The van der Waals surface area contributed by atoms with Crippen molar-refractivity contribution in [2.24, 2.45) is 0 Å². The van der Waals surface area contributed by atoms with E-state index in [9.17, 15) is 4.79 Å². The summed E-state index contributed by atoms with van der Waals surface area (Å²) in [7, 11) is 0. The van der Waals surface area contributed by atoms with Crippen LogP contribution in [0.1, 0.15) is 71.1 Å². The summed E-state index contributed by atoms with van der Waals surface area (Å²) < 4.78 is 0. The first-order valence-corrected chi connectivity index (χ1v) is 7.79. The van der Waals surface area contributed by atoms with Gasteiger partial charge >= 0.3 is 5.97 Å². The van der Waals surface area contributed by atoms with Crippen molar-refractivity contribution in [2.75, 3.05) is 0 Å². The summed E-state index contributed by atoms with van der Waals surface area (Å²) in [4.78, 5) is 10.2. The van der Waals surface area contributed by atoms with Gasteiger partial charge in [0.25, 0.3) is 0 Å². The van der Waals surface area contributed by atoms with E-state index in [0.717, 1.165) is 31.8 Å². The summed E-state index contributed by atoms with van der Waals surface area (Å²) in [6.07, 6.45) is 18.3. The number of hydrogen-bond donors (Lipinski definition) is 1. The van der Waals surface area contributed by atoms with Crippen LogP contribution in [-0.2, 0) is 4.79 Å². The van der Waals surface area contributed by atoms with Crippen molar-refractivity contribution in [1.82, 2.24) is 0 Å². The van der Waals surface area contributed by atoms with E-state index in [-0.39, 0.29) is 0 Å². The number of carbonyl (C=O) groups is 1. The maximum Gasteiger partial charge on any atom is 0.328 e. The van der Waals surface area contributed by atoms with Crippen LogP contribution < -0.4 is 0 Å². The lowest BCUT2D eigenvalue weighted by molar-refractivity contribution is -0.131. The molecule has 0 aliphatic carbocycles. The highest BCUT2D eigenvalue weighted by molar-refractivity contribution is 5.80. The predicted octanol–water partition coefficient (Wildman–Crippen LogP) is 5.11. The van der Waals surface area contributed by atoms with E-state index < -0.39 is 5.97 Å². The van der Waals surface area contributed by atoms with Gasteiger partial charge in [0.2, 0.25) is 0 Å². The van der Waals surface area contributed by atoms with E-state index in [4.69, 9.17) is 5.11 Å². The van der Waals surface area contributed by atoms with E-state index in [1.54, 1.807) is 12.2 Å². The lowest BCUT2D eigenvalue weighted by Crippen LogP contribution is -1.84. The molecule has 0 aromatic heterocycles. The van der Waals surface area contributed by atoms with Gasteiger partial charge in [-0.3, -0.25) is 0 Å². The quantitative estimate of drug-likeness (QED) is 0.246. The molecule has 0 aliphatic rings. The van der Waals surface area contributed by atoms with E-state index in [1.165, 1.54) is 38.5 Å². The van der Waals surface area contributed by atoms with Crippen LogP contribution in [0.3, 0.4) is 0 Å². The molecule has 0 unspecified atom stereocenters. The van der Waals surface area contributed by atoms with E-state index in [2.05, 4.69) is 18.8 Å². The SMILES string of the molecule is CCCCCCCCC#CCCC/C=C/C=C/C(=O)O. The van der Waals surface area contributed by atoms with Crippen LogP contribution >= 0.6 is 0 Å². The molecular formula is C18H28O2. The monoisotopic (exact) mass is 276 g/mol. The molecule has 0 aromatic rings. The van der Waals surface area contributed by atoms with Crippen LogP contribution in [-0.4, -0.2) is 11.1 Å². The van der Waals surface area contributed by atoms with Crippen LogP contribution in [0.15, 0.2) is 24.3 Å².